The SMILES string of the molecule is O=C(Nc1ccc(F)c(F)c1)c1ccc(F)c(SC2CCCC2)c1. The first-order chi connectivity index (χ1) is 11.5. The van der Waals surface area contributed by atoms with Crippen molar-refractivity contribution in [2.75, 3.05) is 5.32 Å². The highest BCUT2D eigenvalue weighted by Crippen LogP contribution is 2.36. The minimum Gasteiger partial charge on any atom is -0.322 e. The summed E-state index contributed by atoms with van der Waals surface area (Å²) < 4.78 is 40.1. The topological polar surface area (TPSA) is 29.1 Å². The van der Waals surface area contributed by atoms with Crippen LogP contribution in [0.4, 0.5) is 18.9 Å². The predicted octanol–water partition coefficient (Wildman–Crippen LogP) is 5.39. The van der Waals surface area contributed by atoms with Crippen LogP contribution in [0.15, 0.2) is 41.3 Å². The lowest BCUT2D eigenvalue weighted by Crippen LogP contribution is -2.12. The van der Waals surface area contributed by atoms with Gasteiger partial charge in [0.1, 0.15) is 5.82 Å². The number of amides is 1. The van der Waals surface area contributed by atoms with Crippen LogP contribution in [0.3, 0.4) is 0 Å². The zero-order chi connectivity index (χ0) is 17.1. The summed E-state index contributed by atoms with van der Waals surface area (Å²) >= 11 is 1.46. The first-order valence-electron chi connectivity index (χ1n) is 7.75. The van der Waals surface area contributed by atoms with Gasteiger partial charge in [0.15, 0.2) is 11.6 Å². The Kier molecular flexibility index (Phi) is 5.14. The average Bonchev–Trinajstić information content (AvgIpc) is 3.06. The van der Waals surface area contributed by atoms with Crippen LogP contribution in [0.25, 0.3) is 0 Å². The second-order valence-electron chi connectivity index (χ2n) is 5.75. The van der Waals surface area contributed by atoms with E-state index in [2.05, 4.69) is 5.32 Å². The number of anilines is 1. The second-order valence-corrected chi connectivity index (χ2v) is 7.09. The molecule has 2 nitrogen and oxygen atoms in total. The van der Waals surface area contributed by atoms with Crippen molar-refractivity contribution in [1.29, 1.82) is 0 Å². The largest absolute Gasteiger partial charge is 0.322 e. The molecule has 1 saturated carbocycles. The standard InChI is InChI=1S/C18H16F3NOS/c19-14-8-6-12(10-16(14)21)22-18(23)11-5-7-15(20)17(9-11)24-13-3-1-2-4-13/h5-10,13H,1-4H2,(H,22,23). The molecule has 1 aliphatic rings. The molecule has 2 aromatic carbocycles. The van der Waals surface area contributed by atoms with E-state index in [0.717, 1.165) is 37.8 Å². The number of carbonyl (C=O) groups excluding carboxylic acids is 1. The number of benzene rings is 2. The fraction of sp³-hybridized carbons (Fsp3) is 0.278. The van der Waals surface area contributed by atoms with Gasteiger partial charge in [-0.05, 0) is 43.2 Å². The number of halogens is 3. The molecule has 0 aliphatic heterocycles. The van der Waals surface area contributed by atoms with E-state index < -0.39 is 17.5 Å². The van der Waals surface area contributed by atoms with E-state index in [-0.39, 0.29) is 17.1 Å². The van der Waals surface area contributed by atoms with Crippen molar-refractivity contribution in [1.82, 2.24) is 0 Å². The molecule has 0 radical (unpaired) electrons. The van der Waals surface area contributed by atoms with E-state index in [1.165, 1.54) is 36.0 Å². The van der Waals surface area contributed by atoms with Crippen molar-refractivity contribution in [3.05, 3.63) is 59.4 Å². The van der Waals surface area contributed by atoms with Crippen LogP contribution in [0.1, 0.15) is 36.0 Å². The number of hydrogen-bond donors (Lipinski definition) is 1. The van der Waals surface area contributed by atoms with Crippen molar-refractivity contribution in [2.24, 2.45) is 0 Å². The third-order valence-corrected chi connectivity index (χ3v) is 5.34. The molecule has 0 unspecified atom stereocenters. The van der Waals surface area contributed by atoms with Gasteiger partial charge >= 0.3 is 0 Å². The predicted molar refractivity (Wildman–Crippen MR) is 88.8 cm³/mol. The lowest BCUT2D eigenvalue weighted by molar-refractivity contribution is 0.102. The van der Waals surface area contributed by atoms with Gasteiger partial charge in [0.05, 0.1) is 0 Å². The van der Waals surface area contributed by atoms with Crippen molar-refractivity contribution in [2.45, 2.75) is 35.8 Å². The quantitative estimate of drug-likeness (QED) is 0.800. The van der Waals surface area contributed by atoms with Crippen molar-refractivity contribution < 1.29 is 18.0 Å². The van der Waals surface area contributed by atoms with Gasteiger partial charge in [-0.25, -0.2) is 13.2 Å². The third-order valence-electron chi connectivity index (χ3n) is 3.97. The smallest absolute Gasteiger partial charge is 0.255 e. The summed E-state index contributed by atoms with van der Waals surface area (Å²) in [5.41, 5.74) is 0.426. The molecule has 3 rings (SSSR count). The molecule has 0 saturated heterocycles. The molecule has 126 valence electrons. The molecule has 6 heteroatoms. The van der Waals surface area contributed by atoms with Gasteiger partial charge in [-0.15, -0.1) is 11.8 Å². The zero-order valence-electron chi connectivity index (χ0n) is 12.8. The van der Waals surface area contributed by atoms with Crippen molar-refractivity contribution in [3.63, 3.8) is 0 Å². The molecule has 24 heavy (non-hydrogen) atoms. The molecule has 0 bridgehead atoms. The summed E-state index contributed by atoms with van der Waals surface area (Å²) in [5, 5.41) is 2.87. The summed E-state index contributed by atoms with van der Waals surface area (Å²) in [4.78, 5) is 12.7. The molecule has 0 aromatic heterocycles. The van der Waals surface area contributed by atoms with E-state index in [9.17, 15) is 18.0 Å². The van der Waals surface area contributed by atoms with E-state index in [1.54, 1.807) is 0 Å². The van der Waals surface area contributed by atoms with Gasteiger partial charge in [0.25, 0.3) is 5.91 Å². The third kappa shape index (κ3) is 3.93. The van der Waals surface area contributed by atoms with Gasteiger partial charge in [-0.1, -0.05) is 12.8 Å². The lowest BCUT2D eigenvalue weighted by Gasteiger charge is -2.11. The molecule has 1 aliphatic carbocycles. The average molecular weight is 351 g/mol. The molecule has 0 atom stereocenters. The Balaban J connectivity index is 1.75. The van der Waals surface area contributed by atoms with Gasteiger partial charge in [0, 0.05) is 27.5 Å². The Labute approximate surface area is 142 Å². The van der Waals surface area contributed by atoms with Crippen molar-refractivity contribution in [3.8, 4) is 0 Å². The van der Waals surface area contributed by atoms with Crippen LogP contribution in [-0.2, 0) is 0 Å². The fourth-order valence-corrected chi connectivity index (χ4v) is 4.00. The minimum atomic E-state index is -1.04. The molecule has 0 heterocycles. The van der Waals surface area contributed by atoms with Crippen LogP contribution in [0, 0.1) is 17.5 Å². The van der Waals surface area contributed by atoms with E-state index in [1.807, 2.05) is 0 Å². The summed E-state index contributed by atoms with van der Waals surface area (Å²) in [6, 6.07) is 7.27. The first-order valence-corrected chi connectivity index (χ1v) is 8.63. The highest BCUT2D eigenvalue weighted by Gasteiger charge is 2.19. The number of carbonyl (C=O) groups is 1. The summed E-state index contributed by atoms with van der Waals surface area (Å²) in [6.07, 6.45) is 4.40. The molecule has 2 aromatic rings. The number of nitrogens with one attached hydrogen (secondary N) is 1. The van der Waals surface area contributed by atoms with Crippen molar-refractivity contribution >= 4 is 23.4 Å². The monoisotopic (exact) mass is 351 g/mol. The number of thioether (sulfide) groups is 1. The zero-order valence-corrected chi connectivity index (χ0v) is 13.6. The molecule has 1 N–H and O–H groups in total. The molecule has 1 amide bonds. The normalized spacial score (nSPS) is 14.8. The Morgan fingerprint density at radius 1 is 0.958 bits per heavy atom. The summed E-state index contributed by atoms with van der Waals surface area (Å²) in [7, 11) is 0. The van der Waals surface area contributed by atoms with Gasteiger partial charge in [-0.2, -0.15) is 0 Å². The number of hydrogen-bond acceptors (Lipinski definition) is 2. The van der Waals surface area contributed by atoms with Gasteiger partial charge in [0.2, 0.25) is 0 Å². The van der Waals surface area contributed by atoms with Crippen LogP contribution in [0.2, 0.25) is 0 Å². The van der Waals surface area contributed by atoms with Crippen LogP contribution in [-0.4, -0.2) is 11.2 Å². The van der Waals surface area contributed by atoms with Crippen LogP contribution in [0.5, 0.6) is 0 Å². The first kappa shape index (κ1) is 16.9. The van der Waals surface area contributed by atoms with Gasteiger partial charge < -0.3 is 5.32 Å². The Morgan fingerprint density at radius 2 is 1.67 bits per heavy atom. The lowest BCUT2D eigenvalue weighted by atomic mass is 10.2. The molecule has 0 spiro atoms. The maximum absolute atomic E-state index is 14.0. The van der Waals surface area contributed by atoms with E-state index in [0.29, 0.717) is 10.1 Å². The van der Waals surface area contributed by atoms with Gasteiger partial charge in [-0.3, -0.25) is 4.79 Å². The maximum Gasteiger partial charge on any atom is 0.255 e. The highest BCUT2D eigenvalue weighted by atomic mass is 32.2. The Bertz CT molecular complexity index is 760. The van der Waals surface area contributed by atoms with Crippen LogP contribution < -0.4 is 5.32 Å². The molecular weight excluding hydrogens is 335 g/mol. The summed E-state index contributed by atoms with van der Waals surface area (Å²) in [5.74, 6) is -2.86. The Hall–Kier alpha value is -1.95. The minimum absolute atomic E-state index is 0.147. The van der Waals surface area contributed by atoms with E-state index in [4.69, 9.17) is 0 Å². The van der Waals surface area contributed by atoms with E-state index >= 15 is 0 Å². The highest BCUT2D eigenvalue weighted by molar-refractivity contribution is 8.00. The summed E-state index contributed by atoms with van der Waals surface area (Å²) in [6.45, 7) is 0. The Morgan fingerprint density at radius 3 is 2.38 bits per heavy atom. The maximum atomic E-state index is 14.0. The molecule has 1 fully saturated rings. The fourth-order valence-electron chi connectivity index (χ4n) is 2.70. The number of rotatable bonds is 4. The van der Waals surface area contributed by atoms with Crippen LogP contribution >= 0.6 is 11.8 Å². The molecular formula is C18H16F3NOS. The second kappa shape index (κ2) is 7.30.